The van der Waals surface area contributed by atoms with Gasteiger partial charge in [0.15, 0.2) is 0 Å². The Hall–Kier alpha value is -0.910. The molecule has 19 heavy (non-hydrogen) atoms. The summed E-state index contributed by atoms with van der Waals surface area (Å²) in [5.74, 6) is 0.555. The minimum Gasteiger partial charge on any atom is -0.341 e. The van der Waals surface area contributed by atoms with Crippen molar-refractivity contribution in [2.24, 2.45) is 11.7 Å². The number of hydrogen-bond acceptors (Lipinski definition) is 4. The summed E-state index contributed by atoms with van der Waals surface area (Å²) < 4.78 is 2.39. The van der Waals surface area contributed by atoms with Crippen LogP contribution in [0.3, 0.4) is 0 Å². The third kappa shape index (κ3) is 3.35. The third-order valence-corrected chi connectivity index (χ3v) is 5.43. The molecule has 3 nitrogen and oxygen atoms in total. The fourth-order valence-electron chi connectivity index (χ4n) is 1.84. The molecule has 0 fully saturated rings. The van der Waals surface area contributed by atoms with Crippen LogP contribution in [0.1, 0.15) is 29.9 Å². The molecular weight excluding hydrogens is 276 g/mol. The molecule has 0 saturated heterocycles. The molecule has 2 aromatic rings. The molecule has 1 unspecified atom stereocenters. The summed E-state index contributed by atoms with van der Waals surface area (Å²) in [5, 5.41) is 2.06. The van der Waals surface area contributed by atoms with Crippen molar-refractivity contribution in [1.29, 1.82) is 0 Å². The zero-order valence-corrected chi connectivity index (χ0v) is 13.2. The highest BCUT2D eigenvalue weighted by molar-refractivity contribution is 7.27. The highest BCUT2D eigenvalue weighted by Gasteiger charge is 2.17. The number of amides is 1. The Balaban J connectivity index is 1.97. The number of fused-ring (bicyclic) bond motifs is 1. The molecule has 0 aliphatic heterocycles. The van der Waals surface area contributed by atoms with Crippen LogP contribution < -0.4 is 5.73 Å². The summed E-state index contributed by atoms with van der Waals surface area (Å²) >= 11 is 3.25. The molecule has 1 amide bonds. The lowest BCUT2D eigenvalue weighted by atomic mass is 10.0. The van der Waals surface area contributed by atoms with E-state index in [9.17, 15) is 4.79 Å². The minimum absolute atomic E-state index is 0.101. The first-order valence-corrected chi connectivity index (χ1v) is 8.16. The maximum absolute atomic E-state index is 12.3. The van der Waals surface area contributed by atoms with E-state index in [-0.39, 0.29) is 11.9 Å². The van der Waals surface area contributed by atoms with Crippen molar-refractivity contribution < 1.29 is 4.79 Å². The van der Waals surface area contributed by atoms with Crippen molar-refractivity contribution in [2.45, 2.75) is 26.3 Å². The van der Waals surface area contributed by atoms with Crippen LogP contribution in [0.4, 0.5) is 0 Å². The van der Waals surface area contributed by atoms with Gasteiger partial charge in [-0.1, -0.05) is 13.8 Å². The highest BCUT2D eigenvalue weighted by atomic mass is 32.1. The largest absolute Gasteiger partial charge is 0.341 e. The van der Waals surface area contributed by atoms with Gasteiger partial charge in [-0.05, 0) is 29.9 Å². The second-order valence-electron chi connectivity index (χ2n) is 5.18. The molecule has 104 valence electrons. The summed E-state index contributed by atoms with van der Waals surface area (Å²) in [5.41, 5.74) is 6.01. The average molecular weight is 296 g/mol. The maximum Gasteiger partial charge on any atom is 0.263 e. The fraction of sp³-hybridized carbons (Fsp3) is 0.500. The number of thiophene rings is 2. The SMILES string of the molecule is CC(C)C(N)CCN(C)C(=O)c1cc2sccc2s1. The normalized spacial score (nSPS) is 13.1. The van der Waals surface area contributed by atoms with Crippen LogP contribution in [0.2, 0.25) is 0 Å². The number of carbonyl (C=O) groups is 1. The summed E-state index contributed by atoms with van der Waals surface area (Å²) in [6.07, 6.45) is 0.847. The van der Waals surface area contributed by atoms with Gasteiger partial charge < -0.3 is 10.6 Å². The van der Waals surface area contributed by atoms with Crippen LogP contribution in [0.5, 0.6) is 0 Å². The Morgan fingerprint density at radius 2 is 2.16 bits per heavy atom. The average Bonchev–Trinajstić information content (AvgIpc) is 2.94. The maximum atomic E-state index is 12.3. The van der Waals surface area contributed by atoms with E-state index < -0.39 is 0 Å². The molecule has 0 aliphatic rings. The second kappa shape index (κ2) is 6.03. The summed E-state index contributed by atoms with van der Waals surface area (Å²) in [6.45, 7) is 4.93. The van der Waals surface area contributed by atoms with Crippen LogP contribution in [0.15, 0.2) is 17.5 Å². The van der Waals surface area contributed by atoms with Crippen LogP contribution in [-0.2, 0) is 0 Å². The van der Waals surface area contributed by atoms with Gasteiger partial charge in [-0.15, -0.1) is 22.7 Å². The van der Waals surface area contributed by atoms with Crippen LogP contribution >= 0.6 is 22.7 Å². The van der Waals surface area contributed by atoms with E-state index in [1.54, 1.807) is 27.6 Å². The first-order valence-electron chi connectivity index (χ1n) is 6.47. The number of nitrogens with zero attached hydrogens (tertiary/aromatic N) is 1. The molecule has 0 bridgehead atoms. The van der Waals surface area contributed by atoms with E-state index in [2.05, 4.69) is 25.3 Å². The van der Waals surface area contributed by atoms with Gasteiger partial charge in [0, 0.05) is 29.0 Å². The van der Waals surface area contributed by atoms with Gasteiger partial charge in [-0.25, -0.2) is 0 Å². The van der Waals surface area contributed by atoms with Crippen molar-refractivity contribution in [3.63, 3.8) is 0 Å². The molecule has 0 saturated carbocycles. The van der Waals surface area contributed by atoms with Crippen molar-refractivity contribution in [2.75, 3.05) is 13.6 Å². The van der Waals surface area contributed by atoms with E-state index in [0.29, 0.717) is 12.5 Å². The molecule has 0 radical (unpaired) electrons. The molecule has 2 heterocycles. The number of hydrogen-bond donors (Lipinski definition) is 1. The minimum atomic E-state index is 0.101. The topological polar surface area (TPSA) is 46.3 Å². The van der Waals surface area contributed by atoms with Crippen LogP contribution in [-0.4, -0.2) is 30.4 Å². The molecule has 5 heteroatoms. The Morgan fingerprint density at radius 3 is 2.79 bits per heavy atom. The quantitative estimate of drug-likeness (QED) is 0.919. The Kier molecular flexibility index (Phi) is 4.60. The summed E-state index contributed by atoms with van der Waals surface area (Å²) in [4.78, 5) is 14.9. The first kappa shape index (κ1) is 14.5. The van der Waals surface area contributed by atoms with Gasteiger partial charge in [0.05, 0.1) is 4.88 Å². The van der Waals surface area contributed by atoms with Crippen molar-refractivity contribution in [3.05, 3.63) is 22.4 Å². The highest BCUT2D eigenvalue weighted by Crippen LogP contribution is 2.30. The van der Waals surface area contributed by atoms with E-state index in [4.69, 9.17) is 5.73 Å². The standard InChI is InChI=1S/C14H20N2OS2/c1-9(2)10(15)4-6-16(3)14(17)13-8-12-11(19-13)5-7-18-12/h5,7-10H,4,6,15H2,1-3H3. The Morgan fingerprint density at radius 1 is 1.42 bits per heavy atom. The molecular formula is C14H20N2OS2. The number of rotatable bonds is 5. The van der Waals surface area contributed by atoms with Gasteiger partial charge >= 0.3 is 0 Å². The molecule has 2 rings (SSSR count). The molecule has 0 aliphatic carbocycles. The lowest BCUT2D eigenvalue weighted by molar-refractivity contribution is 0.0794. The van der Waals surface area contributed by atoms with E-state index in [0.717, 1.165) is 11.3 Å². The second-order valence-corrected chi connectivity index (χ2v) is 7.21. The molecule has 0 spiro atoms. The number of nitrogens with two attached hydrogens (primary N) is 1. The van der Waals surface area contributed by atoms with Gasteiger partial charge in [0.25, 0.3) is 5.91 Å². The lowest BCUT2D eigenvalue weighted by Crippen LogP contribution is -2.34. The summed E-state index contributed by atoms with van der Waals surface area (Å²) in [7, 11) is 1.85. The van der Waals surface area contributed by atoms with Crippen LogP contribution in [0, 0.1) is 5.92 Å². The zero-order chi connectivity index (χ0) is 14.0. The lowest BCUT2D eigenvalue weighted by Gasteiger charge is -2.21. The fourth-order valence-corrected chi connectivity index (χ4v) is 3.94. The Labute approximate surface area is 122 Å². The smallest absolute Gasteiger partial charge is 0.263 e. The molecule has 2 N–H and O–H groups in total. The van der Waals surface area contributed by atoms with Crippen molar-refractivity contribution >= 4 is 38.0 Å². The monoisotopic (exact) mass is 296 g/mol. The molecule has 2 aromatic heterocycles. The van der Waals surface area contributed by atoms with E-state index in [1.807, 2.05) is 13.1 Å². The van der Waals surface area contributed by atoms with Gasteiger partial charge in [-0.3, -0.25) is 4.79 Å². The molecule has 1 atom stereocenters. The third-order valence-electron chi connectivity index (χ3n) is 3.35. The van der Waals surface area contributed by atoms with Crippen molar-refractivity contribution in [1.82, 2.24) is 4.90 Å². The van der Waals surface area contributed by atoms with Gasteiger partial charge in [0.2, 0.25) is 0 Å². The number of carbonyl (C=O) groups excluding carboxylic acids is 1. The first-order chi connectivity index (χ1) is 8.99. The van der Waals surface area contributed by atoms with E-state index >= 15 is 0 Å². The molecule has 0 aromatic carbocycles. The predicted octanol–water partition coefficient (Wildman–Crippen LogP) is 3.41. The van der Waals surface area contributed by atoms with Crippen molar-refractivity contribution in [3.8, 4) is 0 Å². The Bertz CT molecular complexity index is 530. The van der Waals surface area contributed by atoms with Crippen LogP contribution in [0.25, 0.3) is 9.40 Å². The predicted molar refractivity (Wildman–Crippen MR) is 84.1 cm³/mol. The van der Waals surface area contributed by atoms with E-state index in [1.165, 1.54) is 9.40 Å². The zero-order valence-electron chi connectivity index (χ0n) is 11.6. The van der Waals surface area contributed by atoms with Gasteiger partial charge in [-0.2, -0.15) is 0 Å². The van der Waals surface area contributed by atoms with Gasteiger partial charge in [0.1, 0.15) is 0 Å². The summed E-state index contributed by atoms with van der Waals surface area (Å²) in [6, 6.07) is 4.21.